The van der Waals surface area contributed by atoms with E-state index in [1.807, 2.05) is 0 Å². The summed E-state index contributed by atoms with van der Waals surface area (Å²) in [4.78, 5) is 27.6. The number of phenols is 1. The van der Waals surface area contributed by atoms with Crippen molar-refractivity contribution in [2.75, 3.05) is 19.1 Å². The summed E-state index contributed by atoms with van der Waals surface area (Å²) in [6, 6.07) is 16.4. The Morgan fingerprint density at radius 1 is 0.939 bits per heavy atom. The van der Waals surface area contributed by atoms with E-state index in [1.54, 1.807) is 42.5 Å². The van der Waals surface area contributed by atoms with Gasteiger partial charge in [-0.15, -0.1) is 0 Å². The maximum absolute atomic E-state index is 13.2. The highest BCUT2D eigenvalue weighted by Crippen LogP contribution is 2.44. The fourth-order valence-electron chi connectivity index (χ4n) is 3.81. The molecule has 8 heteroatoms. The third-order valence-corrected chi connectivity index (χ3v) is 5.74. The molecule has 1 heterocycles. The summed E-state index contributed by atoms with van der Waals surface area (Å²) in [7, 11) is 2.98. The SMILES string of the molecule is COc1ccc(N2C(=O)C(=O)/C(=C(/O)c3cc(OC)ccc3Cl)C2c2cccc(O)c2)cc1. The number of hydrogen-bond acceptors (Lipinski definition) is 6. The van der Waals surface area contributed by atoms with Crippen LogP contribution in [0.2, 0.25) is 5.02 Å². The van der Waals surface area contributed by atoms with Gasteiger partial charge in [0.1, 0.15) is 23.0 Å². The van der Waals surface area contributed by atoms with Crippen molar-refractivity contribution in [2.24, 2.45) is 0 Å². The van der Waals surface area contributed by atoms with Gasteiger partial charge in [-0.2, -0.15) is 0 Å². The highest BCUT2D eigenvalue weighted by Gasteiger charge is 2.47. The number of benzene rings is 3. The van der Waals surface area contributed by atoms with E-state index >= 15 is 0 Å². The highest BCUT2D eigenvalue weighted by molar-refractivity contribution is 6.52. The number of Topliss-reactive ketones (excluding diaryl/α,β-unsaturated/α-hetero) is 1. The number of aliphatic hydroxyl groups is 1. The molecule has 3 aromatic rings. The Morgan fingerprint density at radius 2 is 1.61 bits per heavy atom. The van der Waals surface area contributed by atoms with E-state index in [9.17, 15) is 19.8 Å². The predicted octanol–water partition coefficient (Wildman–Crippen LogP) is 4.69. The van der Waals surface area contributed by atoms with Gasteiger partial charge in [0.05, 0.1) is 30.9 Å². The molecule has 1 unspecified atom stereocenters. The Morgan fingerprint density at radius 3 is 2.24 bits per heavy atom. The molecule has 0 spiro atoms. The number of methoxy groups -OCH3 is 2. The molecule has 1 aliphatic rings. The highest BCUT2D eigenvalue weighted by atomic mass is 35.5. The lowest BCUT2D eigenvalue weighted by Crippen LogP contribution is -2.29. The second-order valence-corrected chi connectivity index (χ2v) is 7.72. The number of rotatable bonds is 5. The van der Waals surface area contributed by atoms with Gasteiger partial charge in [-0.3, -0.25) is 14.5 Å². The van der Waals surface area contributed by atoms with Gasteiger partial charge >= 0.3 is 0 Å². The largest absolute Gasteiger partial charge is 0.508 e. The summed E-state index contributed by atoms with van der Waals surface area (Å²) in [5, 5.41) is 21.5. The molecule has 0 aromatic heterocycles. The lowest BCUT2D eigenvalue weighted by Gasteiger charge is -2.25. The summed E-state index contributed by atoms with van der Waals surface area (Å²) in [5.41, 5.74) is 0.845. The number of carbonyl (C=O) groups excluding carboxylic acids is 2. The van der Waals surface area contributed by atoms with E-state index in [2.05, 4.69) is 0 Å². The average Bonchev–Trinajstić information content (AvgIpc) is 3.09. The second-order valence-electron chi connectivity index (χ2n) is 7.31. The van der Waals surface area contributed by atoms with E-state index in [1.165, 1.54) is 43.4 Å². The lowest BCUT2D eigenvalue weighted by molar-refractivity contribution is -0.132. The number of phenolic OH excluding ortho intramolecular Hbond substituents is 1. The number of ketones is 1. The molecule has 1 atom stereocenters. The van der Waals surface area contributed by atoms with Crippen LogP contribution < -0.4 is 14.4 Å². The van der Waals surface area contributed by atoms with Gasteiger partial charge in [0.2, 0.25) is 0 Å². The van der Waals surface area contributed by atoms with Crippen LogP contribution >= 0.6 is 11.6 Å². The maximum Gasteiger partial charge on any atom is 0.300 e. The molecule has 1 aliphatic heterocycles. The number of ether oxygens (including phenoxy) is 2. The lowest BCUT2D eigenvalue weighted by atomic mass is 9.95. The zero-order valence-electron chi connectivity index (χ0n) is 17.8. The molecule has 33 heavy (non-hydrogen) atoms. The normalized spacial score (nSPS) is 17.3. The summed E-state index contributed by atoms with van der Waals surface area (Å²) in [6.45, 7) is 0. The number of amides is 1. The molecular formula is C25H20ClNO6. The Labute approximate surface area is 195 Å². The standard InChI is InChI=1S/C25H20ClNO6/c1-32-17-8-6-15(7-9-17)27-22(14-4-3-5-16(28)12-14)21(24(30)25(27)31)23(29)19-13-18(33-2)10-11-20(19)26/h3-13,22,28-29H,1-2H3/b23-21+. The van der Waals surface area contributed by atoms with Crippen LogP contribution in [0, 0.1) is 0 Å². The molecule has 0 radical (unpaired) electrons. The quantitative estimate of drug-likeness (QED) is 0.322. The van der Waals surface area contributed by atoms with Gasteiger partial charge in [-0.25, -0.2) is 0 Å². The van der Waals surface area contributed by atoms with Gasteiger partial charge < -0.3 is 19.7 Å². The van der Waals surface area contributed by atoms with Crippen LogP contribution in [0.1, 0.15) is 17.2 Å². The van der Waals surface area contributed by atoms with Crippen LogP contribution in [0.15, 0.2) is 72.3 Å². The van der Waals surface area contributed by atoms with E-state index < -0.39 is 23.5 Å². The third kappa shape index (κ3) is 3.99. The van der Waals surface area contributed by atoms with Gasteiger partial charge in [-0.05, 0) is 60.2 Å². The first-order chi connectivity index (χ1) is 15.8. The van der Waals surface area contributed by atoms with Crippen molar-refractivity contribution in [3.8, 4) is 17.2 Å². The maximum atomic E-state index is 13.2. The number of hydrogen-bond donors (Lipinski definition) is 2. The second kappa shape index (κ2) is 8.88. The average molecular weight is 466 g/mol. The van der Waals surface area contributed by atoms with Gasteiger partial charge in [0, 0.05) is 11.3 Å². The van der Waals surface area contributed by atoms with Gasteiger partial charge in [0.25, 0.3) is 11.7 Å². The zero-order valence-corrected chi connectivity index (χ0v) is 18.5. The smallest absolute Gasteiger partial charge is 0.300 e. The molecule has 1 saturated heterocycles. The van der Waals surface area contributed by atoms with Crippen molar-refractivity contribution >= 4 is 34.7 Å². The number of carbonyl (C=O) groups is 2. The van der Waals surface area contributed by atoms with Gasteiger partial charge in [0.15, 0.2) is 0 Å². The van der Waals surface area contributed by atoms with E-state index in [4.69, 9.17) is 21.1 Å². The third-order valence-electron chi connectivity index (χ3n) is 5.41. The van der Waals surface area contributed by atoms with Crippen LogP contribution in [0.3, 0.4) is 0 Å². The minimum absolute atomic E-state index is 0.0489. The number of aliphatic hydroxyl groups excluding tert-OH is 1. The number of aromatic hydroxyl groups is 1. The first-order valence-corrected chi connectivity index (χ1v) is 10.3. The monoisotopic (exact) mass is 465 g/mol. The van der Waals surface area contributed by atoms with Crippen LogP contribution in [-0.2, 0) is 9.59 Å². The van der Waals surface area contributed by atoms with Crippen molar-refractivity contribution in [3.63, 3.8) is 0 Å². The van der Waals surface area contributed by atoms with E-state index in [0.29, 0.717) is 22.7 Å². The molecule has 168 valence electrons. The fraction of sp³-hybridized carbons (Fsp3) is 0.120. The van der Waals surface area contributed by atoms with Crippen LogP contribution in [0.25, 0.3) is 5.76 Å². The minimum Gasteiger partial charge on any atom is -0.508 e. The van der Waals surface area contributed by atoms with Crippen molar-refractivity contribution in [1.82, 2.24) is 0 Å². The molecule has 4 rings (SSSR count). The van der Waals surface area contributed by atoms with Crippen molar-refractivity contribution in [2.45, 2.75) is 6.04 Å². The molecule has 1 amide bonds. The fourth-order valence-corrected chi connectivity index (χ4v) is 4.02. The summed E-state index contributed by atoms with van der Waals surface area (Å²) < 4.78 is 10.4. The van der Waals surface area contributed by atoms with Crippen molar-refractivity contribution < 1.29 is 29.3 Å². The number of nitrogens with zero attached hydrogens (tertiary/aromatic N) is 1. The Kier molecular flexibility index (Phi) is 5.98. The number of anilines is 1. The Hall–Kier alpha value is -3.97. The molecule has 0 bridgehead atoms. The summed E-state index contributed by atoms with van der Waals surface area (Å²) in [5.74, 6) is -1.20. The topological polar surface area (TPSA) is 96.3 Å². The molecule has 1 fully saturated rings. The molecule has 3 aromatic carbocycles. The first-order valence-electron chi connectivity index (χ1n) is 9.93. The van der Waals surface area contributed by atoms with Crippen LogP contribution in [0.4, 0.5) is 5.69 Å². The predicted molar refractivity (Wildman–Crippen MR) is 124 cm³/mol. The van der Waals surface area contributed by atoms with Crippen LogP contribution in [-0.4, -0.2) is 36.1 Å². The van der Waals surface area contributed by atoms with Crippen LogP contribution in [0.5, 0.6) is 17.2 Å². The summed E-state index contributed by atoms with van der Waals surface area (Å²) in [6.07, 6.45) is 0. The van der Waals surface area contributed by atoms with E-state index in [-0.39, 0.29) is 21.9 Å². The van der Waals surface area contributed by atoms with E-state index in [0.717, 1.165) is 0 Å². The molecule has 0 aliphatic carbocycles. The zero-order chi connectivity index (χ0) is 23.7. The molecule has 0 saturated carbocycles. The summed E-state index contributed by atoms with van der Waals surface area (Å²) >= 11 is 6.30. The molecule has 7 nitrogen and oxygen atoms in total. The first kappa shape index (κ1) is 22.2. The van der Waals surface area contributed by atoms with Crippen molar-refractivity contribution in [1.29, 1.82) is 0 Å². The van der Waals surface area contributed by atoms with Gasteiger partial charge in [-0.1, -0.05) is 23.7 Å². The number of halogens is 1. The minimum atomic E-state index is -1.01. The Bertz CT molecular complexity index is 1270. The Balaban J connectivity index is 1.96. The van der Waals surface area contributed by atoms with Crippen molar-refractivity contribution in [3.05, 3.63) is 88.5 Å². The molecule has 2 N–H and O–H groups in total. The molecular weight excluding hydrogens is 446 g/mol.